The lowest BCUT2D eigenvalue weighted by molar-refractivity contribution is -0.119. The molecule has 20 heavy (non-hydrogen) atoms. The van der Waals surface area contributed by atoms with Crippen LogP contribution in [0.5, 0.6) is 0 Å². The van der Waals surface area contributed by atoms with Gasteiger partial charge < -0.3 is 10.6 Å². The summed E-state index contributed by atoms with van der Waals surface area (Å²) in [6, 6.07) is 0. The van der Waals surface area contributed by atoms with E-state index in [0.717, 1.165) is 24.4 Å². The van der Waals surface area contributed by atoms with E-state index in [4.69, 9.17) is 5.73 Å². The minimum atomic E-state index is -0.327. The molecule has 110 valence electrons. The molecule has 0 saturated carbocycles. The summed E-state index contributed by atoms with van der Waals surface area (Å²) in [6.07, 6.45) is 0.842. The lowest BCUT2D eigenvalue weighted by Gasteiger charge is -2.21. The van der Waals surface area contributed by atoms with Crippen molar-refractivity contribution >= 4 is 11.8 Å². The summed E-state index contributed by atoms with van der Waals surface area (Å²) in [5, 5.41) is 6.90. The second-order valence-electron chi connectivity index (χ2n) is 5.20. The fourth-order valence-electron chi connectivity index (χ4n) is 2.58. The summed E-state index contributed by atoms with van der Waals surface area (Å²) in [5.74, 6) is -0.319. The second-order valence-corrected chi connectivity index (χ2v) is 5.20. The van der Waals surface area contributed by atoms with Crippen LogP contribution >= 0.6 is 0 Å². The predicted molar refractivity (Wildman–Crippen MR) is 74.2 cm³/mol. The van der Waals surface area contributed by atoms with E-state index in [-0.39, 0.29) is 18.4 Å². The van der Waals surface area contributed by atoms with Crippen LogP contribution in [0.3, 0.4) is 0 Å². The quantitative estimate of drug-likeness (QED) is 0.791. The summed E-state index contributed by atoms with van der Waals surface area (Å²) in [6.45, 7) is 6.69. The van der Waals surface area contributed by atoms with Gasteiger partial charge in [-0.15, -0.1) is 0 Å². The molecule has 1 saturated heterocycles. The first-order valence-electron chi connectivity index (χ1n) is 6.80. The SMILES string of the molecule is Cc1n[nH]c(C)c1C(=O)N1CCCN(CC(N)=O)CC1. The smallest absolute Gasteiger partial charge is 0.257 e. The summed E-state index contributed by atoms with van der Waals surface area (Å²) in [5.41, 5.74) is 7.40. The normalized spacial score (nSPS) is 17.0. The molecule has 1 aromatic rings. The van der Waals surface area contributed by atoms with Gasteiger partial charge in [0.05, 0.1) is 17.8 Å². The fraction of sp³-hybridized carbons (Fsp3) is 0.615. The number of nitrogens with two attached hydrogens (primary N) is 1. The van der Waals surface area contributed by atoms with Crippen molar-refractivity contribution in [2.45, 2.75) is 20.3 Å². The topological polar surface area (TPSA) is 95.3 Å². The van der Waals surface area contributed by atoms with Crippen molar-refractivity contribution in [2.24, 2.45) is 5.73 Å². The van der Waals surface area contributed by atoms with Crippen LogP contribution in [0.25, 0.3) is 0 Å². The van der Waals surface area contributed by atoms with Crippen LogP contribution in [0.4, 0.5) is 0 Å². The van der Waals surface area contributed by atoms with Crippen molar-refractivity contribution in [3.8, 4) is 0 Å². The van der Waals surface area contributed by atoms with Crippen LogP contribution in [0.2, 0.25) is 0 Å². The van der Waals surface area contributed by atoms with E-state index in [1.54, 1.807) is 0 Å². The van der Waals surface area contributed by atoms with Crippen LogP contribution in [0.1, 0.15) is 28.2 Å². The Bertz CT molecular complexity index is 491. The van der Waals surface area contributed by atoms with Gasteiger partial charge in [-0.1, -0.05) is 0 Å². The molecule has 0 bridgehead atoms. The molecule has 3 N–H and O–H groups in total. The third-order valence-corrected chi connectivity index (χ3v) is 3.60. The van der Waals surface area contributed by atoms with Crippen LogP contribution < -0.4 is 5.73 Å². The molecule has 0 atom stereocenters. The number of nitrogens with one attached hydrogen (secondary N) is 1. The number of amides is 2. The van der Waals surface area contributed by atoms with E-state index >= 15 is 0 Å². The van der Waals surface area contributed by atoms with Crippen molar-refractivity contribution < 1.29 is 9.59 Å². The maximum Gasteiger partial charge on any atom is 0.257 e. The Morgan fingerprint density at radius 2 is 2.00 bits per heavy atom. The number of aryl methyl sites for hydroxylation is 2. The molecular formula is C13H21N5O2. The predicted octanol–water partition coefficient (Wildman–Crippen LogP) is -0.340. The van der Waals surface area contributed by atoms with Gasteiger partial charge in [-0.3, -0.25) is 19.6 Å². The molecule has 0 radical (unpaired) electrons. The molecule has 2 heterocycles. The minimum Gasteiger partial charge on any atom is -0.369 e. The van der Waals surface area contributed by atoms with E-state index in [9.17, 15) is 9.59 Å². The molecule has 2 amide bonds. The zero-order valence-electron chi connectivity index (χ0n) is 12.0. The summed E-state index contributed by atoms with van der Waals surface area (Å²) >= 11 is 0. The average Bonchev–Trinajstić information content (AvgIpc) is 2.60. The van der Waals surface area contributed by atoms with Gasteiger partial charge in [0.2, 0.25) is 5.91 Å². The molecule has 0 spiro atoms. The number of H-pyrrole nitrogens is 1. The number of rotatable bonds is 3. The van der Waals surface area contributed by atoms with Gasteiger partial charge in [-0.05, 0) is 20.3 Å². The molecule has 0 unspecified atom stereocenters. The number of nitrogens with zero attached hydrogens (tertiary/aromatic N) is 3. The molecule has 0 aromatic carbocycles. The van der Waals surface area contributed by atoms with E-state index in [2.05, 4.69) is 10.2 Å². The third-order valence-electron chi connectivity index (χ3n) is 3.60. The van der Waals surface area contributed by atoms with Gasteiger partial charge in [0.1, 0.15) is 0 Å². The Morgan fingerprint density at radius 1 is 1.25 bits per heavy atom. The lowest BCUT2D eigenvalue weighted by Crippen LogP contribution is -2.38. The van der Waals surface area contributed by atoms with Gasteiger partial charge in [-0.2, -0.15) is 5.10 Å². The molecule has 1 aliphatic rings. The number of carbonyl (C=O) groups is 2. The first kappa shape index (κ1) is 14.5. The zero-order valence-corrected chi connectivity index (χ0v) is 12.0. The number of aromatic amines is 1. The van der Waals surface area contributed by atoms with Crippen molar-refractivity contribution in [3.63, 3.8) is 0 Å². The van der Waals surface area contributed by atoms with Gasteiger partial charge >= 0.3 is 0 Å². The molecular weight excluding hydrogens is 258 g/mol. The van der Waals surface area contributed by atoms with Crippen LogP contribution in [0.15, 0.2) is 0 Å². The monoisotopic (exact) mass is 279 g/mol. The van der Waals surface area contributed by atoms with Gasteiger partial charge in [0, 0.05) is 31.9 Å². The largest absolute Gasteiger partial charge is 0.369 e. The second kappa shape index (κ2) is 6.04. The highest BCUT2D eigenvalue weighted by atomic mass is 16.2. The number of hydrogen-bond acceptors (Lipinski definition) is 4. The Labute approximate surface area is 118 Å². The number of aromatic nitrogens is 2. The summed E-state index contributed by atoms with van der Waals surface area (Å²) in [7, 11) is 0. The Morgan fingerprint density at radius 3 is 2.60 bits per heavy atom. The van der Waals surface area contributed by atoms with Crippen molar-refractivity contribution in [1.29, 1.82) is 0 Å². The van der Waals surface area contributed by atoms with E-state index in [0.29, 0.717) is 25.2 Å². The molecule has 0 aliphatic carbocycles. The number of hydrogen-bond donors (Lipinski definition) is 2. The molecule has 1 fully saturated rings. The highest BCUT2D eigenvalue weighted by Crippen LogP contribution is 2.14. The zero-order chi connectivity index (χ0) is 14.7. The lowest BCUT2D eigenvalue weighted by atomic mass is 10.1. The third kappa shape index (κ3) is 3.16. The molecule has 7 heteroatoms. The van der Waals surface area contributed by atoms with Crippen molar-refractivity contribution in [2.75, 3.05) is 32.7 Å². The number of carbonyl (C=O) groups excluding carboxylic acids is 2. The highest BCUT2D eigenvalue weighted by Gasteiger charge is 2.24. The molecule has 7 nitrogen and oxygen atoms in total. The van der Waals surface area contributed by atoms with Crippen LogP contribution in [0, 0.1) is 13.8 Å². The maximum atomic E-state index is 12.5. The van der Waals surface area contributed by atoms with E-state index < -0.39 is 0 Å². The maximum absolute atomic E-state index is 12.5. The minimum absolute atomic E-state index is 0.00896. The molecule has 2 rings (SSSR count). The van der Waals surface area contributed by atoms with Gasteiger partial charge in [-0.25, -0.2) is 0 Å². The molecule has 1 aromatic heterocycles. The Kier molecular flexibility index (Phi) is 4.39. The highest BCUT2D eigenvalue weighted by molar-refractivity contribution is 5.96. The summed E-state index contributed by atoms with van der Waals surface area (Å²) in [4.78, 5) is 27.3. The molecule has 1 aliphatic heterocycles. The van der Waals surface area contributed by atoms with E-state index in [1.165, 1.54) is 0 Å². The number of primary amides is 1. The van der Waals surface area contributed by atoms with E-state index in [1.807, 2.05) is 23.6 Å². The standard InChI is InChI=1S/C13H21N5O2/c1-9-12(10(2)16-15-9)13(20)18-5-3-4-17(6-7-18)8-11(14)19/h3-8H2,1-2H3,(H2,14,19)(H,15,16). The fourth-order valence-corrected chi connectivity index (χ4v) is 2.58. The van der Waals surface area contributed by atoms with Crippen LogP contribution in [-0.4, -0.2) is 64.5 Å². The van der Waals surface area contributed by atoms with Crippen molar-refractivity contribution in [3.05, 3.63) is 17.0 Å². The van der Waals surface area contributed by atoms with Gasteiger partial charge in [0.15, 0.2) is 0 Å². The summed E-state index contributed by atoms with van der Waals surface area (Å²) < 4.78 is 0. The van der Waals surface area contributed by atoms with Gasteiger partial charge in [0.25, 0.3) is 5.91 Å². The Balaban J connectivity index is 2.03. The Hall–Kier alpha value is -1.89. The van der Waals surface area contributed by atoms with Crippen LogP contribution in [-0.2, 0) is 4.79 Å². The first-order chi connectivity index (χ1) is 9.49. The average molecular weight is 279 g/mol. The van der Waals surface area contributed by atoms with Crippen molar-refractivity contribution in [1.82, 2.24) is 20.0 Å². The first-order valence-corrected chi connectivity index (χ1v) is 6.80.